The molecule has 0 amide bonds. The molecule has 2 aromatic heterocycles. The predicted octanol–water partition coefficient (Wildman–Crippen LogP) is 4.20. The minimum Gasteiger partial charge on any atom is -0.493 e. The van der Waals surface area contributed by atoms with E-state index in [9.17, 15) is 8.42 Å². The topological polar surface area (TPSA) is 137 Å². The second-order valence-electron chi connectivity index (χ2n) is 7.98. The van der Waals surface area contributed by atoms with Gasteiger partial charge in [0.25, 0.3) is 0 Å². The Morgan fingerprint density at radius 2 is 1.92 bits per heavy atom. The van der Waals surface area contributed by atoms with E-state index in [-0.39, 0.29) is 23.2 Å². The summed E-state index contributed by atoms with van der Waals surface area (Å²) in [5.74, 6) is 1.13. The molecule has 3 heterocycles. The van der Waals surface area contributed by atoms with Crippen LogP contribution >= 0.6 is 23.2 Å². The molecular weight excluding hydrogens is 555 g/mol. The van der Waals surface area contributed by atoms with E-state index in [0.717, 1.165) is 0 Å². The summed E-state index contributed by atoms with van der Waals surface area (Å²) in [4.78, 5) is 22.2. The van der Waals surface area contributed by atoms with Crippen molar-refractivity contribution in [2.45, 2.75) is 11.3 Å². The van der Waals surface area contributed by atoms with Crippen molar-refractivity contribution in [3.8, 4) is 11.5 Å². The van der Waals surface area contributed by atoms with E-state index < -0.39 is 16.1 Å². The summed E-state index contributed by atoms with van der Waals surface area (Å²) in [6.45, 7) is -0.0124. The summed E-state index contributed by atoms with van der Waals surface area (Å²) >= 11 is 12.1. The third kappa shape index (κ3) is 5.73. The van der Waals surface area contributed by atoms with Crippen LogP contribution in [0.4, 0.5) is 11.5 Å². The summed E-state index contributed by atoms with van der Waals surface area (Å²) in [5, 5.41) is 4.70. The molecule has 0 spiro atoms. The van der Waals surface area contributed by atoms with Gasteiger partial charge in [-0.2, -0.15) is 0 Å². The van der Waals surface area contributed by atoms with Crippen LogP contribution in [-0.4, -0.2) is 54.9 Å². The molecule has 196 valence electrons. The van der Waals surface area contributed by atoms with Crippen LogP contribution in [0.5, 0.6) is 11.5 Å². The summed E-state index contributed by atoms with van der Waals surface area (Å²) in [7, 11) is -2.17. The Morgan fingerprint density at radius 3 is 2.68 bits per heavy atom. The number of sulfone groups is 1. The van der Waals surface area contributed by atoms with E-state index in [1.54, 1.807) is 42.5 Å². The minimum absolute atomic E-state index is 0.0124. The Kier molecular flexibility index (Phi) is 7.47. The zero-order valence-electron chi connectivity index (χ0n) is 19.8. The molecule has 0 aliphatic carbocycles. The van der Waals surface area contributed by atoms with E-state index in [1.807, 2.05) is 0 Å². The quantitative estimate of drug-likeness (QED) is 0.299. The van der Waals surface area contributed by atoms with E-state index in [1.165, 1.54) is 25.7 Å². The van der Waals surface area contributed by atoms with Gasteiger partial charge in [-0.15, -0.1) is 0 Å². The van der Waals surface area contributed by atoms with Crippen LogP contribution in [0.3, 0.4) is 0 Å². The van der Waals surface area contributed by atoms with Gasteiger partial charge in [0.15, 0.2) is 16.5 Å². The average molecular weight is 575 g/mol. The zero-order valence-corrected chi connectivity index (χ0v) is 22.1. The lowest BCUT2D eigenvalue weighted by Crippen LogP contribution is -2.27. The third-order valence-electron chi connectivity index (χ3n) is 5.38. The van der Waals surface area contributed by atoms with Gasteiger partial charge in [0, 0.05) is 23.3 Å². The molecule has 0 bridgehead atoms. The number of hydroxylamine groups is 1. The Labute approximate surface area is 227 Å². The number of benzene rings is 2. The summed E-state index contributed by atoms with van der Waals surface area (Å²) in [6.07, 6.45) is 2.06. The first-order valence-electron chi connectivity index (χ1n) is 11.1. The fourth-order valence-electron chi connectivity index (χ4n) is 3.59. The number of methoxy groups -OCH3 is 1. The number of rotatable bonds is 9. The molecule has 1 aliphatic rings. The number of amidine groups is 1. The van der Waals surface area contributed by atoms with Gasteiger partial charge in [-0.25, -0.2) is 38.7 Å². The van der Waals surface area contributed by atoms with Crippen molar-refractivity contribution in [2.24, 2.45) is 4.99 Å². The fraction of sp³-hybridized carbons (Fsp3) is 0.167. The summed E-state index contributed by atoms with van der Waals surface area (Å²) in [6, 6.07) is 13.3. The maximum atomic E-state index is 12.5. The molecular formula is C24H20Cl2N6O5S. The number of nitrogens with one attached hydrogen (secondary N) is 2. The molecule has 1 unspecified atom stereocenters. The van der Waals surface area contributed by atoms with Gasteiger partial charge in [-0.3, -0.25) is 0 Å². The van der Waals surface area contributed by atoms with Crippen molar-refractivity contribution in [3.63, 3.8) is 0 Å². The Bertz CT molecular complexity index is 1620. The van der Waals surface area contributed by atoms with Gasteiger partial charge < -0.3 is 14.8 Å². The smallest absolute Gasteiger partial charge is 0.210 e. The molecule has 0 saturated carbocycles. The monoisotopic (exact) mass is 574 g/mol. The van der Waals surface area contributed by atoms with Crippen LogP contribution in [0.2, 0.25) is 10.0 Å². The highest BCUT2D eigenvalue weighted by atomic mass is 35.5. The molecule has 1 atom stereocenters. The molecule has 38 heavy (non-hydrogen) atoms. The number of hydrogen-bond acceptors (Lipinski definition) is 11. The van der Waals surface area contributed by atoms with Crippen LogP contribution < -0.4 is 20.3 Å². The molecule has 4 aromatic rings. The van der Waals surface area contributed by atoms with Gasteiger partial charge >= 0.3 is 0 Å². The lowest BCUT2D eigenvalue weighted by molar-refractivity contribution is 0.00902. The molecule has 0 fully saturated rings. The van der Waals surface area contributed by atoms with Crippen LogP contribution in [0.25, 0.3) is 10.9 Å². The first-order valence-corrected chi connectivity index (χ1v) is 13.5. The second kappa shape index (κ2) is 11.0. The highest BCUT2D eigenvalue weighted by molar-refractivity contribution is 7.92. The Balaban J connectivity index is 1.31. The molecule has 11 nitrogen and oxygen atoms in total. The largest absolute Gasteiger partial charge is 0.493 e. The first kappa shape index (κ1) is 25.9. The summed E-state index contributed by atoms with van der Waals surface area (Å²) in [5.41, 5.74) is 3.84. The van der Waals surface area contributed by atoms with Gasteiger partial charge in [0.05, 0.1) is 22.7 Å². The molecule has 2 N–H and O–H groups in total. The van der Waals surface area contributed by atoms with Crippen LogP contribution in [0.15, 0.2) is 71.1 Å². The highest BCUT2D eigenvalue weighted by Gasteiger charge is 2.26. The van der Waals surface area contributed by atoms with Gasteiger partial charge in [0.1, 0.15) is 30.3 Å². The van der Waals surface area contributed by atoms with Crippen molar-refractivity contribution in [1.82, 2.24) is 20.4 Å². The second-order valence-corrected chi connectivity index (χ2v) is 10.7. The zero-order chi connectivity index (χ0) is 26.7. The number of hydrogen-bond donors (Lipinski definition) is 2. The maximum absolute atomic E-state index is 12.5. The number of halogens is 2. The average Bonchev–Trinajstić information content (AvgIpc) is 3.36. The molecule has 14 heteroatoms. The van der Waals surface area contributed by atoms with E-state index in [4.69, 9.17) is 37.5 Å². The first-order chi connectivity index (χ1) is 18.3. The predicted molar refractivity (Wildman–Crippen MR) is 143 cm³/mol. The third-order valence-corrected chi connectivity index (χ3v) is 7.65. The number of anilines is 2. The number of ether oxygens (including phenoxy) is 2. The van der Waals surface area contributed by atoms with Crippen LogP contribution in [-0.2, 0) is 14.7 Å². The van der Waals surface area contributed by atoms with Crippen molar-refractivity contribution in [2.75, 3.05) is 24.8 Å². The minimum atomic E-state index is -3.68. The molecule has 5 rings (SSSR count). The number of aliphatic imine (C=N–C) groups is 1. The molecule has 0 saturated heterocycles. The maximum Gasteiger partial charge on any atom is 0.210 e. The molecule has 1 aliphatic heterocycles. The normalized spacial score (nSPS) is 15.1. The van der Waals surface area contributed by atoms with Gasteiger partial charge in [0.2, 0.25) is 16.1 Å². The fourth-order valence-corrected chi connectivity index (χ4v) is 5.04. The number of nitrogens with zero attached hydrogens (tertiary/aromatic N) is 4. The van der Waals surface area contributed by atoms with E-state index in [2.05, 4.69) is 30.7 Å². The van der Waals surface area contributed by atoms with Crippen LogP contribution in [0, 0.1) is 0 Å². The lowest BCUT2D eigenvalue weighted by Gasteiger charge is -2.15. The Hall–Kier alpha value is -3.71. The lowest BCUT2D eigenvalue weighted by atomic mass is 10.2. The van der Waals surface area contributed by atoms with E-state index >= 15 is 0 Å². The van der Waals surface area contributed by atoms with Gasteiger partial charge in [-0.1, -0.05) is 29.3 Å². The van der Waals surface area contributed by atoms with Gasteiger partial charge in [-0.05, 0) is 36.4 Å². The number of aromatic nitrogens is 3. The summed E-state index contributed by atoms with van der Waals surface area (Å²) < 4.78 is 36.5. The Morgan fingerprint density at radius 1 is 1.05 bits per heavy atom. The van der Waals surface area contributed by atoms with E-state index in [0.29, 0.717) is 44.0 Å². The molecule has 0 radical (unpaired) electrons. The highest BCUT2D eigenvalue weighted by Crippen LogP contribution is 2.35. The van der Waals surface area contributed by atoms with Crippen molar-refractivity contribution >= 4 is 61.3 Å². The standard InChI is InChI=1S/C24H20Cl2N6O5S/c1-35-19-9-15-18(28-13-29-24(15)30-14-5-6-16(25)17(26)8-14)10-20(19)36-11-22-31-21(32-37-22)12-38(33,34)23-4-2-3-7-27-23/h2-10,13,22H,11-12H2,1H3,(H,31,32)(H,28,29,30). The van der Waals surface area contributed by atoms with Crippen molar-refractivity contribution < 1.29 is 22.7 Å². The molecule has 2 aromatic carbocycles. The van der Waals surface area contributed by atoms with Crippen LogP contribution in [0.1, 0.15) is 0 Å². The van der Waals surface area contributed by atoms with Crippen molar-refractivity contribution in [3.05, 3.63) is 71.1 Å². The number of fused-ring (bicyclic) bond motifs is 1. The number of pyridine rings is 1. The van der Waals surface area contributed by atoms with Crippen molar-refractivity contribution in [1.29, 1.82) is 0 Å². The SMILES string of the molecule is COc1cc2c(Nc3ccc(Cl)c(Cl)c3)ncnc2cc1OCC1N=C(CS(=O)(=O)c2ccccn2)NO1.